The fraction of sp³-hybridized carbons (Fsp3) is 0.286. The Balaban J connectivity index is 1.68. The van der Waals surface area contributed by atoms with E-state index in [2.05, 4.69) is 4.98 Å². The third kappa shape index (κ3) is 2.65. The monoisotopic (exact) mass is 292 g/mol. The summed E-state index contributed by atoms with van der Waals surface area (Å²) < 4.78 is 18.5. The van der Waals surface area contributed by atoms with E-state index < -0.39 is 0 Å². The van der Waals surface area contributed by atoms with E-state index in [4.69, 9.17) is 4.74 Å². The van der Waals surface area contributed by atoms with Gasteiger partial charge in [0.2, 0.25) is 0 Å². The number of carbonyl (C=O) groups is 1. The van der Waals surface area contributed by atoms with Crippen LogP contribution in [0.1, 0.15) is 5.01 Å². The highest BCUT2D eigenvalue weighted by molar-refractivity contribution is 7.09. The molecule has 1 amide bonds. The summed E-state index contributed by atoms with van der Waals surface area (Å²) in [7, 11) is 0. The molecule has 0 saturated carbocycles. The number of halogens is 1. The van der Waals surface area contributed by atoms with Gasteiger partial charge in [-0.05, 0) is 12.1 Å². The van der Waals surface area contributed by atoms with Crippen LogP contribution >= 0.6 is 11.3 Å². The highest BCUT2D eigenvalue weighted by Gasteiger charge is 2.21. The van der Waals surface area contributed by atoms with Crippen LogP contribution in [0.15, 0.2) is 29.6 Å². The second-order valence-electron chi connectivity index (χ2n) is 4.46. The van der Waals surface area contributed by atoms with Gasteiger partial charge in [0, 0.05) is 23.9 Å². The van der Waals surface area contributed by atoms with E-state index in [0.717, 1.165) is 5.01 Å². The minimum absolute atomic E-state index is 0.268. The molecule has 104 valence electrons. The molecule has 0 aliphatic carbocycles. The fourth-order valence-corrected chi connectivity index (χ4v) is 2.87. The van der Waals surface area contributed by atoms with Crippen LogP contribution in [0.5, 0.6) is 0 Å². The van der Waals surface area contributed by atoms with Gasteiger partial charge in [0.1, 0.15) is 12.4 Å². The quantitative estimate of drug-likeness (QED) is 0.870. The Bertz CT molecular complexity index is 629. The first-order valence-electron chi connectivity index (χ1n) is 6.35. The molecule has 1 saturated heterocycles. The van der Waals surface area contributed by atoms with Crippen molar-refractivity contribution in [3.8, 4) is 11.3 Å². The molecule has 0 spiro atoms. The number of hydrogen-bond acceptors (Lipinski definition) is 4. The summed E-state index contributed by atoms with van der Waals surface area (Å²) in [5, 5.41) is 2.73. The van der Waals surface area contributed by atoms with Gasteiger partial charge in [0.15, 0.2) is 0 Å². The lowest BCUT2D eigenvalue weighted by molar-refractivity contribution is 0.159. The van der Waals surface area contributed by atoms with E-state index in [1.54, 1.807) is 23.1 Å². The molecule has 3 rings (SSSR count). The number of thiazole rings is 1. The summed E-state index contributed by atoms with van der Waals surface area (Å²) >= 11 is 1.48. The Labute approximate surface area is 119 Å². The number of nitrogens with zero attached hydrogens (tertiary/aromatic N) is 2. The maximum absolute atomic E-state index is 13.7. The average molecular weight is 292 g/mol. The van der Waals surface area contributed by atoms with Crippen molar-refractivity contribution >= 4 is 17.4 Å². The van der Waals surface area contributed by atoms with Crippen LogP contribution in [0.3, 0.4) is 0 Å². The van der Waals surface area contributed by atoms with Crippen molar-refractivity contribution in [3.05, 3.63) is 40.5 Å². The Kier molecular flexibility index (Phi) is 3.64. The number of rotatable bonds is 4. The highest BCUT2D eigenvalue weighted by Crippen LogP contribution is 2.24. The van der Waals surface area contributed by atoms with Gasteiger partial charge >= 0.3 is 6.09 Å². The summed E-state index contributed by atoms with van der Waals surface area (Å²) in [5.41, 5.74) is 1.16. The van der Waals surface area contributed by atoms with Gasteiger partial charge in [-0.1, -0.05) is 12.1 Å². The molecule has 0 N–H and O–H groups in total. The van der Waals surface area contributed by atoms with Crippen molar-refractivity contribution < 1.29 is 13.9 Å². The molecule has 2 aromatic rings. The van der Waals surface area contributed by atoms with Crippen LogP contribution < -0.4 is 0 Å². The lowest BCUT2D eigenvalue weighted by atomic mass is 10.1. The summed E-state index contributed by atoms with van der Waals surface area (Å²) in [5.74, 6) is -0.271. The number of cyclic esters (lactones) is 1. The van der Waals surface area contributed by atoms with Gasteiger partial charge in [-0.15, -0.1) is 11.3 Å². The lowest BCUT2D eigenvalue weighted by Crippen LogP contribution is -2.26. The van der Waals surface area contributed by atoms with E-state index in [1.807, 2.05) is 5.38 Å². The highest BCUT2D eigenvalue weighted by atomic mass is 32.1. The van der Waals surface area contributed by atoms with Crippen molar-refractivity contribution in [2.75, 3.05) is 19.7 Å². The predicted molar refractivity (Wildman–Crippen MR) is 74.1 cm³/mol. The number of hydrogen-bond donors (Lipinski definition) is 0. The Morgan fingerprint density at radius 2 is 2.25 bits per heavy atom. The van der Waals surface area contributed by atoms with Crippen molar-refractivity contribution in [2.24, 2.45) is 0 Å². The van der Waals surface area contributed by atoms with Crippen molar-refractivity contribution in [2.45, 2.75) is 6.42 Å². The molecule has 1 aliphatic heterocycles. The van der Waals surface area contributed by atoms with E-state index in [-0.39, 0.29) is 11.9 Å². The number of aromatic nitrogens is 1. The summed E-state index contributed by atoms with van der Waals surface area (Å²) in [6.07, 6.45) is 0.393. The number of ether oxygens (including phenoxy) is 1. The summed E-state index contributed by atoms with van der Waals surface area (Å²) in [4.78, 5) is 17.4. The van der Waals surface area contributed by atoms with E-state index in [9.17, 15) is 9.18 Å². The topological polar surface area (TPSA) is 42.4 Å². The third-order valence-corrected chi connectivity index (χ3v) is 4.05. The maximum Gasteiger partial charge on any atom is 0.409 e. The molecule has 1 aromatic heterocycles. The van der Waals surface area contributed by atoms with Crippen LogP contribution in [-0.4, -0.2) is 35.7 Å². The zero-order chi connectivity index (χ0) is 13.9. The van der Waals surface area contributed by atoms with Crippen molar-refractivity contribution in [1.82, 2.24) is 9.88 Å². The Morgan fingerprint density at radius 3 is 3.00 bits per heavy atom. The molecule has 0 bridgehead atoms. The molecule has 0 unspecified atom stereocenters. The average Bonchev–Trinajstić information content (AvgIpc) is 3.06. The molecular formula is C14H13FN2O2S. The zero-order valence-corrected chi connectivity index (χ0v) is 11.5. The molecular weight excluding hydrogens is 279 g/mol. The van der Waals surface area contributed by atoms with Gasteiger partial charge in [-0.2, -0.15) is 0 Å². The molecule has 1 aliphatic rings. The molecule has 6 heteroatoms. The van der Waals surface area contributed by atoms with E-state index >= 15 is 0 Å². The largest absolute Gasteiger partial charge is 0.448 e. The van der Waals surface area contributed by atoms with Gasteiger partial charge in [0.25, 0.3) is 0 Å². The second kappa shape index (κ2) is 5.58. The molecule has 20 heavy (non-hydrogen) atoms. The Morgan fingerprint density at radius 1 is 1.40 bits per heavy atom. The van der Waals surface area contributed by atoms with Gasteiger partial charge in [-0.3, -0.25) is 0 Å². The van der Waals surface area contributed by atoms with Crippen LogP contribution in [0, 0.1) is 5.82 Å². The molecule has 0 radical (unpaired) electrons. The molecule has 1 fully saturated rings. The standard InChI is InChI=1S/C14H13FN2O2S/c15-11-4-2-1-3-10(11)12-9-20-13(16-12)5-6-17-7-8-19-14(17)18/h1-4,9H,5-8H2. The van der Waals surface area contributed by atoms with Gasteiger partial charge < -0.3 is 9.64 Å². The normalized spacial score (nSPS) is 14.7. The second-order valence-corrected chi connectivity index (χ2v) is 5.40. The van der Waals surface area contributed by atoms with Crippen LogP contribution in [0.25, 0.3) is 11.3 Å². The van der Waals surface area contributed by atoms with Crippen LogP contribution in [-0.2, 0) is 11.2 Å². The first-order chi connectivity index (χ1) is 9.74. The van der Waals surface area contributed by atoms with Crippen LogP contribution in [0.2, 0.25) is 0 Å². The van der Waals surface area contributed by atoms with Gasteiger partial charge in [0.05, 0.1) is 17.2 Å². The smallest absolute Gasteiger partial charge is 0.409 e. The number of benzene rings is 1. The molecule has 1 aromatic carbocycles. The summed E-state index contributed by atoms with van der Waals surface area (Å²) in [6, 6.07) is 6.59. The van der Waals surface area contributed by atoms with E-state index in [1.165, 1.54) is 17.4 Å². The van der Waals surface area contributed by atoms with E-state index in [0.29, 0.717) is 37.4 Å². The zero-order valence-electron chi connectivity index (χ0n) is 10.7. The van der Waals surface area contributed by atoms with Gasteiger partial charge in [-0.25, -0.2) is 14.2 Å². The predicted octanol–water partition coefficient (Wildman–Crippen LogP) is 2.94. The first-order valence-corrected chi connectivity index (χ1v) is 7.23. The Hall–Kier alpha value is -1.95. The first kappa shape index (κ1) is 13.1. The lowest BCUT2D eigenvalue weighted by Gasteiger charge is -2.10. The number of carbonyl (C=O) groups excluding carboxylic acids is 1. The third-order valence-electron chi connectivity index (χ3n) is 3.14. The van der Waals surface area contributed by atoms with Crippen molar-refractivity contribution in [1.29, 1.82) is 0 Å². The molecule has 4 nitrogen and oxygen atoms in total. The maximum atomic E-state index is 13.7. The SMILES string of the molecule is O=C1OCCN1CCc1nc(-c2ccccc2F)cs1. The minimum atomic E-state index is -0.271. The van der Waals surface area contributed by atoms with Crippen molar-refractivity contribution in [3.63, 3.8) is 0 Å². The van der Waals surface area contributed by atoms with Crippen LogP contribution in [0.4, 0.5) is 9.18 Å². The fourth-order valence-electron chi connectivity index (χ4n) is 2.08. The summed E-state index contributed by atoms with van der Waals surface area (Å²) in [6.45, 7) is 1.67. The molecule has 2 heterocycles. The minimum Gasteiger partial charge on any atom is -0.448 e. The number of amides is 1. The molecule has 0 atom stereocenters.